The van der Waals surface area contributed by atoms with Crippen LogP contribution in [-0.2, 0) is 0 Å². The molecule has 1 atom stereocenters. The molecule has 5 heteroatoms. The lowest BCUT2D eigenvalue weighted by Crippen LogP contribution is -2.32. The zero-order valence-corrected chi connectivity index (χ0v) is 14.3. The van der Waals surface area contributed by atoms with Crippen LogP contribution in [0.25, 0.3) is 0 Å². The molecule has 1 aromatic carbocycles. The van der Waals surface area contributed by atoms with Gasteiger partial charge in [-0.1, -0.05) is 39.0 Å². The molecule has 23 heavy (non-hydrogen) atoms. The molecule has 0 fully saturated rings. The van der Waals surface area contributed by atoms with Gasteiger partial charge in [-0.05, 0) is 23.1 Å². The van der Waals surface area contributed by atoms with Gasteiger partial charge in [0.1, 0.15) is 0 Å². The summed E-state index contributed by atoms with van der Waals surface area (Å²) >= 11 is 1.26. The molecule has 1 aliphatic rings. The standard InChI is InChI=1S/C18H20N2O2S/c1-18(2,3)13-9-20(14-7-5-4-6-12(13)14)17(22)15-8-11(10-23-15)16(19)21/h4-8,10,13H,9H2,1-3H3,(H2,19,21). The number of benzene rings is 1. The van der Waals surface area contributed by atoms with E-state index in [4.69, 9.17) is 5.73 Å². The molecule has 2 amide bonds. The fourth-order valence-electron chi connectivity index (χ4n) is 3.05. The molecular formula is C18H20N2O2S. The molecule has 0 radical (unpaired) electrons. The number of hydrogen-bond donors (Lipinski definition) is 1. The van der Waals surface area contributed by atoms with Crippen LogP contribution in [0.2, 0.25) is 0 Å². The summed E-state index contributed by atoms with van der Waals surface area (Å²) in [6.07, 6.45) is 0. The Hall–Kier alpha value is -2.14. The molecule has 4 nitrogen and oxygen atoms in total. The number of carbonyl (C=O) groups is 2. The molecule has 0 saturated heterocycles. The van der Waals surface area contributed by atoms with E-state index in [2.05, 4.69) is 26.8 Å². The Morgan fingerprint density at radius 3 is 2.57 bits per heavy atom. The summed E-state index contributed by atoms with van der Waals surface area (Å²) in [6, 6.07) is 9.64. The Morgan fingerprint density at radius 2 is 1.96 bits per heavy atom. The van der Waals surface area contributed by atoms with Gasteiger partial charge < -0.3 is 10.6 Å². The molecule has 3 rings (SSSR count). The van der Waals surface area contributed by atoms with Crippen molar-refractivity contribution in [3.8, 4) is 0 Å². The minimum absolute atomic E-state index is 0.0679. The Balaban J connectivity index is 1.97. The third kappa shape index (κ3) is 2.77. The molecule has 0 aliphatic carbocycles. The number of rotatable bonds is 2. The Kier molecular flexibility index (Phi) is 3.76. The van der Waals surface area contributed by atoms with Gasteiger partial charge in [-0.2, -0.15) is 0 Å². The van der Waals surface area contributed by atoms with E-state index < -0.39 is 5.91 Å². The fourth-order valence-corrected chi connectivity index (χ4v) is 3.89. The minimum atomic E-state index is -0.505. The van der Waals surface area contributed by atoms with Crippen LogP contribution in [0.3, 0.4) is 0 Å². The summed E-state index contributed by atoms with van der Waals surface area (Å²) in [6.45, 7) is 7.24. The highest BCUT2D eigenvalue weighted by Crippen LogP contribution is 2.46. The van der Waals surface area contributed by atoms with Crippen LogP contribution in [0.1, 0.15) is 52.3 Å². The first kappa shape index (κ1) is 15.7. The van der Waals surface area contributed by atoms with Gasteiger partial charge in [0, 0.05) is 23.5 Å². The number of thiophene rings is 1. The number of amides is 2. The van der Waals surface area contributed by atoms with Crippen molar-refractivity contribution in [1.29, 1.82) is 0 Å². The van der Waals surface area contributed by atoms with Crippen molar-refractivity contribution in [2.75, 3.05) is 11.4 Å². The molecule has 1 unspecified atom stereocenters. The van der Waals surface area contributed by atoms with Gasteiger partial charge in [0.2, 0.25) is 5.91 Å². The maximum Gasteiger partial charge on any atom is 0.268 e. The fraction of sp³-hybridized carbons (Fsp3) is 0.333. The van der Waals surface area contributed by atoms with Crippen molar-refractivity contribution in [2.45, 2.75) is 26.7 Å². The summed E-state index contributed by atoms with van der Waals surface area (Å²) in [4.78, 5) is 26.5. The lowest BCUT2D eigenvalue weighted by Gasteiger charge is -2.27. The topological polar surface area (TPSA) is 63.4 Å². The smallest absolute Gasteiger partial charge is 0.268 e. The van der Waals surface area contributed by atoms with Crippen molar-refractivity contribution in [1.82, 2.24) is 0 Å². The van der Waals surface area contributed by atoms with E-state index in [0.29, 0.717) is 22.9 Å². The zero-order valence-electron chi connectivity index (χ0n) is 13.5. The van der Waals surface area contributed by atoms with Gasteiger partial charge in [0.15, 0.2) is 0 Å². The van der Waals surface area contributed by atoms with Crippen LogP contribution >= 0.6 is 11.3 Å². The quantitative estimate of drug-likeness (QED) is 0.915. The largest absolute Gasteiger partial charge is 0.366 e. The summed E-state index contributed by atoms with van der Waals surface area (Å²) in [7, 11) is 0. The first-order valence-corrected chi connectivity index (χ1v) is 8.46. The maximum absolute atomic E-state index is 12.9. The summed E-state index contributed by atoms with van der Waals surface area (Å²) < 4.78 is 0. The normalized spacial score (nSPS) is 17.2. The number of carbonyl (C=O) groups excluding carboxylic acids is 2. The molecular weight excluding hydrogens is 308 g/mol. The molecule has 120 valence electrons. The Morgan fingerprint density at radius 1 is 1.26 bits per heavy atom. The number of fused-ring (bicyclic) bond motifs is 1. The van der Waals surface area contributed by atoms with Crippen LogP contribution in [0.5, 0.6) is 0 Å². The van der Waals surface area contributed by atoms with E-state index in [-0.39, 0.29) is 11.3 Å². The number of nitrogens with zero attached hydrogens (tertiary/aromatic N) is 1. The van der Waals surface area contributed by atoms with Crippen LogP contribution in [0, 0.1) is 5.41 Å². The second kappa shape index (κ2) is 5.49. The third-order valence-corrected chi connectivity index (χ3v) is 5.27. The SMILES string of the molecule is CC(C)(C)C1CN(C(=O)c2cc(C(N)=O)cs2)c2ccccc21. The van der Waals surface area contributed by atoms with E-state index in [1.165, 1.54) is 16.9 Å². The number of primary amides is 1. The predicted molar refractivity (Wildman–Crippen MR) is 93.2 cm³/mol. The van der Waals surface area contributed by atoms with E-state index in [1.807, 2.05) is 23.1 Å². The van der Waals surface area contributed by atoms with Crippen molar-refractivity contribution in [3.63, 3.8) is 0 Å². The molecule has 2 aromatic rings. The van der Waals surface area contributed by atoms with Gasteiger partial charge in [-0.25, -0.2) is 0 Å². The average Bonchev–Trinajstić information content (AvgIpc) is 3.11. The maximum atomic E-state index is 12.9. The molecule has 0 bridgehead atoms. The van der Waals surface area contributed by atoms with Gasteiger partial charge >= 0.3 is 0 Å². The number of para-hydroxylation sites is 1. The molecule has 2 N–H and O–H groups in total. The van der Waals surface area contributed by atoms with E-state index in [0.717, 1.165) is 5.69 Å². The molecule has 0 spiro atoms. The number of nitrogens with two attached hydrogens (primary N) is 1. The van der Waals surface area contributed by atoms with Crippen LogP contribution < -0.4 is 10.6 Å². The minimum Gasteiger partial charge on any atom is -0.366 e. The second-order valence-corrected chi connectivity index (χ2v) is 7.87. The summed E-state index contributed by atoms with van der Waals surface area (Å²) in [5.74, 6) is -0.283. The zero-order chi connectivity index (χ0) is 16.8. The molecule has 2 heterocycles. The lowest BCUT2D eigenvalue weighted by atomic mass is 9.78. The van der Waals surface area contributed by atoms with Crippen LogP contribution in [0.4, 0.5) is 5.69 Å². The highest BCUT2D eigenvalue weighted by atomic mass is 32.1. The molecule has 1 aliphatic heterocycles. The lowest BCUT2D eigenvalue weighted by molar-refractivity contribution is 0.0989. The molecule has 0 saturated carbocycles. The average molecular weight is 328 g/mol. The Labute approximate surface area is 139 Å². The van der Waals surface area contributed by atoms with Crippen molar-refractivity contribution in [3.05, 3.63) is 51.7 Å². The number of hydrogen-bond acceptors (Lipinski definition) is 3. The van der Waals surface area contributed by atoms with Crippen LogP contribution in [-0.4, -0.2) is 18.4 Å². The Bertz CT molecular complexity index is 773. The predicted octanol–water partition coefficient (Wildman–Crippen LogP) is 3.64. The first-order valence-electron chi connectivity index (χ1n) is 7.58. The summed E-state index contributed by atoms with van der Waals surface area (Å²) in [5, 5.41) is 1.64. The van der Waals surface area contributed by atoms with Gasteiger partial charge in [0.05, 0.1) is 10.4 Å². The second-order valence-electron chi connectivity index (χ2n) is 6.96. The van der Waals surface area contributed by atoms with Gasteiger partial charge in [-0.15, -0.1) is 11.3 Å². The highest BCUT2D eigenvalue weighted by Gasteiger charge is 2.39. The van der Waals surface area contributed by atoms with E-state index in [1.54, 1.807) is 11.4 Å². The number of anilines is 1. The van der Waals surface area contributed by atoms with Crippen molar-refractivity contribution >= 4 is 28.8 Å². The third-order valence-electron chi connectivity index (χ3n) is 4.35. The van der Waals surface area contributed by atoms with E-state index in [9.17, 15) is 9.59 Å². The van der Waals surface area contributed by atoms with Crippen LogP contribution in [0.15, 0.2) is 35.7 Å². The van der Waals surface area contributed by atoms with Crippen molar-refractivity contribution < 1.29 is 9.59 Å². The van der Waals surface area contributed by atoms with Gasteiger partial charge in [0.25, 0.3) is 5.91 Å². The highest BCUT2D eigenvalue weighted by molar-refractivity contribution is 7.12. The van der Waals surface area contributed by atoms with E-state index >= 15 is 0 Å². The first-order chi connectivity index (χ1) is 10.8. The van der Waals surface area contributed by atoms with Crippen molar-refractivity contribution in [2.24, 2.45) is 11.1 Å². The monoisotopic (exact) mass is 328 g/mol. The summed E-state index contributed by atoms with van der Waals surface area (Å²) in [5.41, 5.74) is 7.91. The molecule has 1 aromatic heterocycles. The van der Waals surface area contributed by atoms with Gasteiger partial charge in [-0.3, -0.25) is 9.59 Å².